The second kappa shape index (κ2) is 7.40. The molecule has 1 saturated heterocycles. The average Bonchev–Trinajstić information content (AvgIpc) is 3.00. The number of piperazine rings is 1. The number of nitrogens with one attached hydrogen (secondary N) is 1. The molecule has 1 aliphatic heterocycles. The molecule has 0 bridgehead atoms. The van der Waals surface area contributed by atoms with Gasteiger partial charge in [-0.05, 0) is 13.0 Å². The molecule has 1 amide bonds. The van der Waals surface area contributed by atoms with Crippen LogP contribution in [0.25, 0.3) is 0 Å². The Morgan fingerprint density at radius 2 is 2.40 bits per heavy atom. The van der Waals surface area contributed by atoms with Gasteiger partial charge in [0.1, 0.15) is 5.82 Å². The normalized spacial score (nSPS) is 20.3. The minimum absolute atomic E-state index is 0.176. The smallest absolute Gasteiger partial charge is 0.222 e. The Kier molecular flexibility index (Phi) is 5.55. The van der Waals surface area contributed by atoms with E-state index in [1.165, 1.54) is 0 Å². The first-order chi connectivity index (χ1) is 9.76. The van der Waals surface area contributed by atoms with E-state index in [4.69, 9.17) is 4.74 Å². The Labute approximate surface area is 120 Å². The maximum atomic E-state index is 12.2. The molecule has 1 aromatic rings. The van der Waals surface area contributed by atoms with Crippen LogP contribution in [0.3, 0.4) is 0 Å². The van der Waals surface area contributed by atoms with E-state index in [1.807, 2.05) is 11.1 Å². The monoisotopic (exact) mass is 280 g/mol. The van der Waals surface area contributed by atoms with E-state index < -0.39 is 0 Å². The SMILES string of the molecule is CCN1CCN(C(=O)CCCOC)CC1c1ncc[nH]1. The van der Waals surface area contributed by atoms with E-state index in [0.717, 1.165) is 31.9 Å². The van der Waals surface area contributed by atoms with Crippen molar-refractivity contribution in [1.29, 1.82) is 0 Å². The Bertz CT molecular complexity index is 407. The highest BCUT2D eigenvalue weighted by Crippen LogP contribution is 2.22. The summed E-state index contributed by atoms with van der Waals surface area (Å²) < 4.78 is 5.00. The summed E-state index contributed by atoms with van der Waals surface area (Å²) in [6.45, 7) is 6.17. The van der Waals surface area contributed by atoms with Crippen molar-refractivity contribution in [3.8, 4) is 0 Å². The minimum Gasteiger partial charge on any atom is -0.385 e. The first-order valence-electron chi connectivity index (χ1n) is 7.26. The molecule has 0 radical (unpaired) electrons. The van der Waals surface area contributed by atoms with Gasteiger partial charge in [-0.1, -0.05) is 6.92 Å². The summed E-state index contributed by atoms with van der Waals surface area (Å²) in [4.78, 5) is 24.0. The number of imidazole rings is 1. The van der Waals surface area contributed by atoms with Gasteiger partial charge >= 0.3 is 0 Å². The summed E-state index contributed by atoms with van der Waals surface area (Å²) in [7, 11) is 1.66. The number of amides is 1. The number of carbonyl (C=O) groups is 1. The summed E-state index contributed by atoms with van der Waals surface area (Å²) >= 11 is 0. The van der Waals surface area contributed by atoms with Crippen LogP contribution in [-0.4, -0.2) is 65.6 Å². The highest BCUT2D eigenvalue weighted by molar-refractivity contribution is 5.76. The van der Waals surface area contributed by atoms with Gasteiger partial charge in [-0.2, -0.15) is 0 Å². The van der Waals surface area contributed by atoms with E-state index in [9.17, 15) is 4.79 Å². The lowest BCUT2D eigenvalue weighted by atomic mass is 10.1. The number of aromatic amines is 1. The number of ether oxygens (including phenoxy) is 1. The fourth-order valence-electron chi connectivity index (χ4n) is 2.67. The van der Waals surface area contributed by atoms with Crippen molar-refractivity contribution in [2.75, 3.05) is 39.9 Å². The van der Waals surface area contributed by atoms with Gasteiger partial charge in [-0.15, -0.1) is 0 Å². The van der Waals surface area contributed by atoms with E-state index in [0.29, 0.717) is 19.6 Å². The highest BCUT2D eigenvalue weighted by Gasteiger charge is 2.30. The summed E-state index contributed by atoms with van der Waals surface area (Å²) in [5, 5.41) is 0. The average molecular weight is 280 g/mol. The van der Waals surface area contributed by atoms with Crippen molar-refractivity contribution in [2.45, 2.75) is 25.8 Å². The Balaban J connectivity index is 1.95. The number of methoxy groups -OCH3 is 1. The van der Waals surface area contributed by atoms with E-state index in [-0.39, 0.29) is 11.9 Å². The molecule has 1 unspecified atom stereocenters. The van der Waals surface area contributed by atoms with Crippen LogP contribution in [0, 0.1) is 0 Å². The molecule has 0 saturated carbocycles. The maximum Gasteiger partial charge on any atom is 0.222 e. The summed E-state index contributed by atoms with van der Waals surface area (Å²) in [6, 6.07) is 0.176. The van der Waals surface area contributed by atoms with E-state index >= 15 is 0 Å². The number of H-pyrrole nitrogens is 1. The van der Waals surface area contributed by atoms with E-state index in [2.05, 4.69) is 21.8 Å². The third kappa shape index (κ3) is 3.58. The van der Waals surface area contributed by atoms with Gasteiger partial charge < -0.3 is 14.6 Å². The summed E-state index contributed by atoms with van der Waals surface area (Å²) in [6.07, 6.45) is 4.95. The lowest BCUT2D eigenvalue weighted by molar-refractivity contribution is -0.134. The molecule has 2 heterocycles. The predicted molar refractivity (Wildman–Crippen MR) is 76.3 cm³/mol. The van der Waals surface area contributed by atoms with Crippen molar-refractivity contribution in [3.05, 3.63) is 18.2 Å². The first kappa shape index (κ1) is 15.0. The molecule has 1 aliphatic rings. The molecule has 112 valence electrons. The lowest BCUT2D eigenvalue weighted by Crippen LogP contribution is -2.50. The fraction of sp³-hybridized carbons (Fsp3) is 0.714. The largest absolute Gasteiger partial charge is 0.385 e. The number of hydrogen-bond donors (Lipinski definition) is 1. The Hall–Kier alpha value is -1.40. The molecule has 1 N–H and O–H groups in total. The fourth-order valence-corrected chi connectivity index (χ4v) is 2.67. The molecular formula is C14H24N4O2. The van der Waals surface area contributed by atoms with Crippen molar-refractivity contribution < 1.29 is 9.53 Å². The summed E-state index contributed by atoms with van der Waals surface area (Å²) in [5.74, 6) is 1.16. The second-order valence-electron chi connectivity index (χ2n) is 5.05. The first-order valence-corrected chi connectivity index (χ1v) is 7.26. The molecule has 6 nitrogen and oxygen atoms in total. The molecule has 1 fully saturated rings. The molecule has 0 spiro atoms. The molecule has 20 heavy (non-hydrogen) atoms. The minimum atomic E-state index is 0.176. The van der Waals surface area contributed by atoms with Crippen LogP contribution in [0.5, 0.6) is 0 Å². The zero-order valence-corrected chi connectivity index (χ0v) is 12.3. The van der Waals surface area contributed by atoms with Crippen LogP contribution >= 0.6 is 0 Å². The van der Waals surface area contributed by atoms with Crippen molar-refractivity contribution in [2.24, 2.45) is 0 Å². The van der Waals surface area contributed by atoms with Crippen molar-refractivity contribution >= 4 is 5.91 Å². The standard InChI is InChI=1S/C14H24N4O2/c1-3-17-8-9-18(13(19)5-4-10-20-2)11-12(17)14-15-6-7-16-14/h6-7,12H,3-5,8-11H2,1-2H3,(H,15,16). The molecular weight excluding hydrogens is 256 g/mol. The summed E-state index contributed by atoms with van der Waals surface area (Å²) in [5.41, 5.74) is 0. The van der Waals surface area contributed by atoms with Crippen LogP contribution in [0.15, 0.2) is 12.4 Å². The van der Waals surface area contributed by atoms with Crippen LogP contribution in [0.4, 0.5) is 0 Å². The Morgan fingerprint density at radius 3 is 3.05 bits per heavy atom. The Morgan fingerprint density at radius 1 is 1.55 bits per heavy atom. The number of rotatable bonds is 6. The number of carbonyl (C=O) groups excluding carboxylic acids is 1. The van der Waals surface area contributed by atoms with Gasteiger partial charge in [0.15, 0.2) is 0 Å². The number of aromatic nitrogens is 2. The lowest BCUT2D eigenvalue weighted by Gasteiger charge is -2.40. The number of likely N-dealkylation sites (N-methyl/N-ethyl adjacent to an activating group) is 1. The van der Waals surface area contributed by atoms with Gasteiger partial charge in [0.2, 0.25) is 5.91 Å². The second-order valence-corrected chi connectivity index (χ2v) is 5.05. The molecule has 0 aromatic carbocycles. The van der Waals surface area contributed by atoms with Crippen LogP contribution in [0.1, 0.15) is 31.6 Å². The van der Waals surface area contributed by atoms with E-state index in [1.54, 1.807) is 13.3 Å². The molecule has 0 aliphatic carbocycles. The maximum absolute atomic E-state index is 12.2. The van der Waals surface area contributed by atoms with Gasteiger partial charge in [0.25, 0.3) is 0 Å². The third-order valence-electron chi connectivity index (χ3n) is 3.82. The molecule has 1 aromatic heterocycles. The zero-order chi connectivity index (χ0) is 14.4. The van der Waals surface area contributed by atoms with Crippen LogP contribution in [-0.2, 0) is 9.53 Å². The van der Waals surface area contributed by atoms with Crippen molar-refractivity contribution in [3.63, 3.8) is 0 Å². The van der Waals surface area contributed by atoms with Gasteiger partial charge in [-0.3, -0.25) is 9.69 Å². The quantitative estimate of drug-likeness (QED) is 0.791. The number of hydrogen-bond acceptors (Lipinski definition) is 4. The van der Waals surface area contributed by atoms with Crippen molar-refractivity contribution in [1.82, 2.24) is 19.8 Å². The van der Waals surface area contributed by atoms with Crippen LogP contribution in [0.2, 0.25) is 0 Å². The van der Waals surface area contributed by atoms with Crippen LogP contribution < -0.4 is 0 Å². The van der Waals surface area contributed by atoms with Gasteiger partial charge in [0.05, 0.1) is 6.04 Å². The molecule has 2 rings (SSSR count). The number of nitrogens with zero attached hydrogens (tertiary/aromatic N) is 3. The van der Waals surface area contributed by atoms with Gasteiger partial charge in [-0.25, -0.2) is 4.98 Å². The molecule has 1 atom stereocenters. The zero-order valence-electron chi connectivity index (χ0n) is 12.3. The highest BCUT2D eigenvalue weighted by atomic mass is 16.5. The third-order valence-corrected chi connectivity index (χ3v) is 3.82. The van der Waals surface area contributed by atoms with Gasteiger partial charge in [0, 0.05) is 52.2 Å². The topological polar surface area (TPSA) is 61.5 Å². The predicted octanol–water partition coefficient (Wildman–Crippen LogP) is 1.04. The molecule has 6 heteroatoms.